The van der Waals surface area contributed by atoms with E-state index in [-0.39, 0.29) is 12.4 Å². The molecule has 0 radical (unpaired) electrons. The Labute approximate surface area is 115 Å². The molecule has 20 heavy (non-hydrogen) atoms. The molecule has 2 heterocycles. The molecule has 0 aliphatic carbocycles. The zero-order valence-corrected chi connectivity index (χ0v) is 10.6. The Hall–Kier alpha value is -2.11. The predicted molar refractivity (Wildman–Crippen MR) is 75.6 cm³/mol. The van der Waals surface area contributed by atoms with Crippen molar-refractivity contribution in [3.63, 3.8) is 0 Å². The van der Waals surface area contributed by atoms with E-state index in [1.165, 1.54) is 6.07 Å². The van der Waals surface area contributed by atoms with E-state index in [1.807, 2.05) is 36.5 Å². The lowest BCUT2D eigenvalue weighted by Gasteiger charge is -2.09. The molecular weight excluding hydrogens is 256 g/mol. The molecule has 0 bridgehead atoms. The summed E-state index contributed by atoms with van der Waals surface area (Å²) in [4.78, 5) is 0. The fraction of sp³-hybridized carbons (Fsp3) is 0.0667. The molecule has 0 unspecified atom stereocenters. The van der Waals surface area contributed by atoms with Crippen LogP contribution in [0.1, 0.15) is 5.56 Å². The molecule has 0 spiro atoms. The normalized spacial score (nSPS) is 14.0. The quantitative estimate of drug-likeness (QED) is 0.684. The van der Waals surface area contributed by atoms with Crippen molar-refractivity contribution in [2.75, 3.05) is 0 Å². The molecule has 1 aromatic heterocycles. The molecule has 0 amide bonds. The van der Waals surface area contributed by atoms with E-state index >= 15 is 0 Å². The van der Waals surface area contributed by atoms with Crippen LogP contribution in [-0.2, 0) is 11.3 Å². The summed E-state index contributed by atoms with van der Waals surface area (Å²) in [6.45, 7) is 0.250. The molecule has 1 N–H and O–H groups in total. The van der Waals surface area contributed by atoms with Crippen molar-refractivity contribution >= 4 is 23.5 Å². The number of halogens is 1. The summed E-state index contributed by atoms with van der Waals surface area (Å²) in [5.41, 5.74) is 2.70. The first-order valence-electron chi connectivity index (χ1n) is 6.42. The Morgan fingerprint density at radius 2 is 2.05 bits per heavy atom. The Kier molecular flexibility index (Phi) is 2.45. The van der Waals surface area contributed by atoms with E-state index in [9.17, 15) is 9.41 Å². The van der Waals surface area contributed by atoms with Crippen molar-refractivity contribution in [3.05, 3.63) is 60.0 Å². The molecule has 1 aliphatic heterocycles. The standard InChI is InChI=1S/C15H11BFNO2/c17-13-7-11-9-20-16(19)12(11)8-15(13)18-6-5-10-3-1-2-4-14(10)18/h1-8,19H,9H2. The third kappa shape index (κ3) is 1.60. The van der Waals surface area contributed by atoms with Crippen molar-refractivity contribution in [1.82, 2.24) is 4.57 Å². The maximum Gasteiger partial charge on any atom is 0.491 e. The third-order valence-corrected chi connectivity index (χ3v) is 3.73. The van der Waals surface area contributed by atoms with Crippen molar-refractivity contribution in [1.29, 1.82) is 0 Å². The van der Waals surface area contributed by atoms with Gasteiger partial charge in [-0.2, -0.15) is 0 Å². The van der Waals surface area contributed by atoms with Crippen LogP contribution in [0, 0.1) is 5.82 Å². The fourth-order valence-corrected chi connectivity index (χ4v) is 2.71. The molecule has 0 saturated heterocycles. The van der Waals surface area contributed by atoms with Crippen LogP contribution in [0.4, 0.5) is 4.39 Å². The SMILES string of the molecule is OB1OCc2cc(F)c(-n3ccc4ccccc43)cc21. The molecule has 3 aromatic rings. The fourth-order valence-electron chi connectivity index (χ4n) is 2.71. The van der Waals surface area contributed by atoms with Gasteiger partial charge in [0.25, 0.3) is 0 Å². The molecule has 1 aliphatic rings. The van der Waals surface area contributed by atoms with Gasteiger partial charge in [0.15, 0.2) is 0 Å². The zero-order chi connectivity index (χ0) is 13.7. The van der Waals surface area contributed by atoms with Gasteiger partial charge in [-0.3, -0.25) is 0 Å². The summed E-state index contributed by atoms with van der Waals surface area (Å²) in [7, 11) is -0.967. The number of fused-ring (bicyclic) bond motifs is 2. The van der Waals surface area contributed by atoms with Crippen molar-refractivity contribution < 1.29 is 14.1 Å². The number of hydrogen-bond acceptors (Lipinski definition) is 2. The number of nitrogens with zero attached hydrogens (tertiary/aromatic N) is 1. The molecular formula is C15H11BFNO2. The summed E-state index contributed by atoms with van der Waals surface area (Å²) in [6.07, 6.45) is 1.83. The van der Waals surface area contributed by atoms with Gasteiger partial charge in [0.05, 0.1) is 17.8 Å². The van der Waals surface area contributed by atoms with E-state index in [4.69, 9.17) is 4.65 Å². The van der Waals surface area contributed by atoms with Crippen LogP contribution in [0.2, 0.25) is 0 Å². The molecule has 3 nitrogen and oxygen atoms in total. The van der Waals surface area contributed by atoms with Crippen LogP contribution in [0.3, 0.4) is 0 Å². The average Bonchev–Trinajstić information content (AvgIpc) is 3.03. The van der Waals surface area contributed by atoms with Gasteiger partial charge in [0.2, 0.25) is 0 Å². The highest BCUT2D eigenvalue weighted by atomic mass is 19.1. The minimum atomic E-state index is -0.967. The second kappa shape index (κ2) is 4.20. The maximum atomic E-state index is 14.3. The van der Waals surface area contributed by atoms with Crippen molar-refractivity contribution in [2.45, 2.75) is 6.61 Å². The summed E-state index contributed by atoms with van der Waals surface area (Å²) in [5.74, 6) is -0.317. The molecule has 0 fully saturated rings. The molecule has 98 valence electrons. The van der Waals surface area contributed by atoms with Crippen LogP contribution in [-0.4, -0.2) is 16.7 Å². The van der Waals surface area contributed by atoms with E-state index in [0.717, 1.165) is 10.9 Å². The molecule has 2 aromatic carbocycles. The first-order valence-corrected chi connectivity index (χ1v) is 6.42. The number of rotatable bonds is 1. The minimum Gasteiger partial charge on any atom is -0.423 e. The van der Waals surface area contributed by atoms with Gasteiger partial charge in [-0.05, 0) is 40.7 Å². The largest absolute Gasteiger partial charge is 0.491 e. The Balaban J connectivity index is 1.97. The van der Waals surface area contributed by atoms with Gasteiger partial charge in [-0.1, -0.05) is 18.2 Å². The van der Waals surface area contributed by atoms with Crippen LogP contribution >= 0.6 is 0 Å². The van der Waals surface area contributed by atoms with E-state index in [2.05, 4.69) is 0 Å². The molecule has 0 atom stereocenters. The molecule has 5 heteroatoms. The monoisotopic (exact) mass is 267 g/mol. The van der Waals surface area contributed by atoms with Gasteiger partial charge >= 0.3 is 7.12 Å². The van der Waals surface area contributed by atoms with Crippen LogP contribution in [0.5, 0.6) is 0 Å². The summed E-state index contributed by atoms with van der Waals surface area (Å²) < 4.78 is 21.2. The number of hydrogen-bond donors (Lipinski definition) is 1. The topological polar surface area (TPSA) is 34.4 Å². The second-order valence-electron chi connectivity index (χ2n) is 4.91. The maximum absolute atomic E-state index is 14.3. The lowest BCUT2D eigenvalue weighted by Crippen LogP contribution is -2.28. The number of benzene rings is 2. The Bertz CT molecular complexity index is 815. The lowest BCUT2D eigenvalue weighted by molar-refractivity contribution is 0.275. The Morgan fingerprint density at radius 3 is 2.95 bits per heavy atom. The summed E-state index contributed by atoms with van der Waals surface area (Å²) in [5, 5.41) is 10.8. The average molecular weight is 267 g/mol. The van der Waals surface area contributed by atoms with E-state index in [0.29, 0.717) is 16.7 Å². The smallest absolute Gasteiger partial charge is 0.423 e. The van der Waals surface area contributed by atoms with Gasteiger partial charge in [0.1, 0.15) is 5.82 Å². The highest BCUT2D eigenvalue weighted by Gasteiger charge is 2.29. The second-order valence-corrected chi connectivity index (χ2v) is 4.91. The van der Waals surface area contributed by atoms with Crippen LogP contribution in [0.15, 0.2) is 48.7 Å². The summed E-state index contributed by atoms with van der Waals surface area (Å²) in [6, 6.07) is 12.8. The number of aromatic nitrogens is 1. The molecule has 4 rings (SSSR count). The Morgan fingerprint density at radius 1 is 1.20 bits per heavy atom. The molecule has 0 saturated carbocycles. The van der Waals surface area contributed by atoms with E-state index < -0.39 is 7.12 Å². The van der Waals surface area contributed by atoms with Gasteiger partial charge < -0.3 is 14.2 Å². The highest BCUT2D eigenvalue weighted by Crippen LogP contribution is 2.24. The van der Waals surface area contributed by atoms with Crippen LogP contribution in [0.25, 0.3) is 16.6 Å². The highest BCUT2D eigenvalue weighted by molar-refractivity contribution is 6.61. The van der Waals surface area contributed by atoms with Crippen molar-refractivity contribution in [3.8, 4) is 5.69 Å². The summed E-state index contributed by atoms with van der Waals surface area (Å²) >= 11 is 0. The van der Waals surface area contributed by atoms with Crippen molar-refractivity contribution in [2.24, 2.45) is 0 Å². The zero-order valence-electron chi connectivity index (χ0n) is 10.6. The minimum absolute atomic E-state index is 0.250. The first kappa shape index (κ1) is 11.7. The lowest BCUT2D eigenvalue weighted by atomic mass is 9.79. The number of para-hydroxylation sites is 1. The van der Waals surface area contributed by atoms with Gasteiger partial charge in [0, 0.05) is 6.20 Å². The third-order valence-electron chi connectivity index (χ3n) is 3.73. The predicted octanol–water partition coefficient (Wildman–Crippen LogP) is 1.99. The van der Waals surface area contributed by atoms with Crippen LogP contribution < -0.4 is 5.46 Å². The first-order chi connectivity index (χ1) is 9.74. The van der Waals surface area contributed by atoms with Gasteiger partial charge in [-0.25, -0.2) is 4.39 Å². The van der Waals surface area contributed by atoms with Gasteiger partial charge in [-0.15, -0.1) is 0 Å². The van der Waals surface area contributed by atoms with E-state index in [1.54, 1.807) is 10.6 Å².